The van der Waals surface area contributed by atoms with Crippen molar-refractivity contribution in [3.05, 3.63) is 70.4 Å². The zero-order chi connectivity index (χ0) is 36.1. The Kier molecular flexibility index (Phi) is 8.94. The van der Waals surface area contributed by atoms with E-state index >= 15 is 0 Å². The van der Waals surface area contributed by atoms with Crippen LogP contribution >= 0.6 is 11.6 Å². The van der Waals surface area contributed by atoms with Crippen molar-refractivity contribution in [3.63, 3.8) is 0 Å². The molecule has 3 aliphatic rings. The van der Waals surface area contributed by atoms with E-state index in [0.29, 0.717) is 43.7 Å². The monoisotopic (exact) mass is 728 g/mol. The summed E-state index contributed by atoms with van der Waals surface area (Å²) in [5.74, 6) is -1.43. The number of nitrogens with zero attached hydrogens (tertiary/aromatic N) is 4. The molecular formula is C32H32ClF3N10O5. The van der Waals surface area contributed by atoms with Crippen molar-refractivity contribution >= 4 is 35.0 Å². The number of hydrogen-bond donors (Lipinski definition) is 7. The van der Waals surface area contributed by atoms with Gasteiger partial charge in [-0.05, 0) is 36.2 Å². The average Bonchev–Trinajstić information content (AvgIpc) is 3.89. The summed E-state index contributed by atoms with van der Waals surface area (Å²) in [6, 6.07) is 6.86. The number of nitrogen functional groups attached to an aromatic ring is 1. The lowest BCUT2D eigenvalue weighted by Crippen LogP contribution is -2.65. The Morgan fingerprint density at radius 3 is 2.63 bits per heavy atom. The van der Waals surface area contributed by atoms with Crippen LogP contribution < -0.4 is 21.7 Å². The molecule has 8 N–H and O–H groups in total. The second-order valence-corrected chi connectivity index (χ2v) is 13.3. The van der Waals surface area contributed by atoms with E-state index in [2.05, 4.69) is 36.0 Å². The third-order valence-electron chi connectivity index (χ3n) is 9.09. The van der Waals surface area contributed by atoms with Crippen molar-refractivity contribution in [1.29, 1.82) is 0 Å². The highest BCUT2D eigenvalue weighted by Gasteiger charge is 2.52. The third kappa shape index (κ3) is 6.99. The van der Waals surface area contributed by atoms with Crippen LogP contribution in [-0.2, 0) is 22.3 Å². The number of anilines is 1. The van der Waals surface area contributed by atoms with Gasteiger partial charge in [-0.15, -0.1) is 0 Å². The largest absolute Gasteiger partial charge is 0.433 e. The van der Waals surface area contributed by atoms with Gasteiger partial charge in [0.25, 0.3) is 11.8 Å². The Morgan fingerprint density at radius 1 is 1.14 bits per heavy atom. The molecule has 0 unspecified atom stereocenters. The van der Waals surface area contributed by atoms with Gasteiger partial charge in [0.2, 0.25) is 5.91 Å². The van der Waals surface area contributed by atoms with Gasteiger partial charge >= 0.3 is 6.18 Å². The number of pyridine rings is 1. The minimum absolute atomic E-state index is 0.0276. The van der Waals surface area contributed by atoms with Crippen LogP contribution in [0.3, 0.4) is 0 Å². The molecule has 7 rings (SSSR count). The van der Waals surface area contributed by atoms with Crippen LogP contribution in [0.15, 0.2) is 42.7 Å². The highest BCUT2D eigenvalue weighted by Crippen LogP contribution is 2.40. The van der Waals surface area contributed by atoms with Crippen LogP contribution in [-0.4, -0.2) is 103 Å². The lowest BCUT2D eigenvalue weighted by atomic mass is 9.88. The molecule has 0 saturated carbocycles. The number of aromatic nitrogens is 5. The van der Waals surface area contributed by atoms with E-state index in [-0.39, 0.29) is 64.2 Å². The number of β-amino-alcohol motifs (C(OH)–C–C–N with tert-alkyl or cyclic N) is 1. The number of aromatic amines is 2. The first-order valence-corrected chi connectivity index (χ1v) is 16.3. The number of carbonyl (C=O) groups excluding carboxylic acids is 3. The van der Waals surface area contributed by atoms with Crippen molar-refractivity contribution in [2.45, 2.75) is 49.4 Å². The predicted molar refractivity (Wildman–Crippen MR) is 175 cm³/mol. The van der Waals surface area contributed by atoms with Gasteiger partial charge in [0.05, 0.1) is 83.5 Å². The molecule has 6 heterocycles. The first-order valence-electron chi connectivity index (χ1n) is 15.9. The molecule has 15 nitrogen and oxygen atoms in total. The van der Waals surface area contributed by atoms with Gasteiger partial charge < -0.3 is 41.4 Å². The lowest BCUT2D eigenvalue weighted by Gasteiger charge is -2.47. The highest BCUT2D eigenvalue weighted by atomic mass is 35.5. The zero-order valence-corrected chi connectivity index (χ0v) is 27.4. The fourth-order valence-electron chi connectivity index (χ4n) is 6.57. The van der Waals surface area contributed by atoms with Gasteiger partial charge in [-0.25, -0.2) is 4.98 Å². The van der Waals surface area contributed by atoms with E-state index in [4.69, 9.17) is 22.1 Å². The number of rotatable bonds is 8. The molecule has 51 heavy (non-hydrogen) atoms. The van der Waals surface area contributed by atoms with E-state index in [9.17, 15) is 32.7 Å². The molecule has 3 aromatic heterocycles. The molecule has 3 amide bonds. The molecule has 1 aromatic carbocycles. The molecule has 0 bridgehead atoms. The number of likely N-dealkylation sites (tertiary alicyclic amines) is 1. The summed E-state index contributed by atoms with van der Waals surface area (Å²) in [5.41, 5.74) is 4.60. The highest BCUT2D eigenvalue weighted by molar-refractivity contribution is 6.33. The predicted octanol–water partition coefficient (Wildman–Crippen LogP) is 1.87. The van der Waals surface area contributed by atoms with Crippen LogP contribution in [0.2, 0.25) is 5.02 Å². The Bertz CT molecular complexity index is 1980. The number of ether oxygens (including phenoxy) is 1. The van der Waals surface area contributed by atoms with Crippen LogP contribution in [0, 0.1) is 0 Å². The lowest BCUT2D eigenvalue weighted by molar-refractivity contribution is -0.159. The number of aliphatic hydroxyl groups excluding tert-OH is 1. The van der Waals surface area contributed by atoms with E-state index in [1.807, 2.05) is 5.10 Å². The zero-order valence-electron chi connectivity index (χ0n) is 26.7. The van der Waals surface area contributed by atoms with Crippen molar-refractivity contribution in [2.24, 2.45) is 0 Å². The van der Waals surface area contributed by atoms with Crippen molar-refractivity contribution < 1.29 is 37.4 Å². The maximum atomic E-state index is 13.9. The summed E-state index contributed by atoms with van der Waals surface area (Å²) in [4.78, 5) is 51.0. The second kappa shape index (κ2) is 13.3. The normalized spacial score (nSPS) is 21.1. The molecule has 1 spiro atoms. The smallest absolute Gasteiger partial charge is 0.397 e. The molecule has 3 atom stereocenters. The van der Waals surface area contributed by atoms with Crippen molar-refractivity contribution in [2.75, 3.05) is 32.0 Å². The third-order valence-corrected chi connectivity index (χ3v) is 9.40. The van der Waals surface area contributed by atoms with Gasteiger partial charge in [0, 0.05) is 19.5 Å². The Balaban J connectivity index is 0.942. The fourth-order valence-corrected chi connectivity index (χ4v) is 6.86. The maximum Gasteiger partial charge on any atom is 0.433 e. The topological polar surface area (TPSA) is 216 Å². The number of amides is 3. The van der Waals surface area contributed by atoms with Crippen LogP contribution in [0.4, 0.5) is 18.9 Å². The fraction of sp³-hybridized carbons (Fsp3) is 0.375. The number of halogens is 4. The molecule has 4 aromatic rings. The molecule has 0 radical (unpaired) electrons. The molecule has 3 fully saturated rings. The molecular weight excluding hydrogens is 697 g/mol. The summed E-state index contributed by atoms with van der Waals surface area (Å²) < 4.78 is 47.6. The van der Waals surface area contributed by atoms with E-state index < -0.39 is 41.4 Å². The Hall–Kier alpha value is -5.04. The van der Waals surface area contributed by atoms with E-state index in [1.54, 1.807) is 11.0 Å². The summed E-state index contributed by atoms with van der Waals surface area (Å²) in [6.07, 6.45) is -2.04. The van der Waals surface area contributed by atoms with Gasteiger partial charge in [0.1, 0.15) is 17.0 Å². The Labute approximate surface area is 292 Å². The van der Waals surface area contributed by atoms with Crippen LogP contribution in [0.25, 0.3) is 22.6 Å². The minimum atomic E-state index is -4.80. The number of benzene rings is 1. The number of alkyl halides is 3. The Morgan fingerprint density at radius 2 is 1.94 bits per heavy atom. The van der Waals surface area contributed by atoms with Gasteiger partial charge in [0.15, 0.2) is 5.82 Å². The number of nitrogens with two attached hydrogens (primary N) is 1. The van der Waals surface area contributed by atoms with Crippen molar-refractivity contribution in [3.8, 4) is 22.6 Å². The van der Waals surface area contributed by atoms with Crippen molar-refractivity contribution in [1.82, 2.24) is 46.0 Å². The number of carbonyl (C=O) groups is 3. The van der Waals surface area contributed by atoms with Gasteiger partial charge in [-0.2, -0.15) is 18.3 Å². The molecule has 268 valence electrons. The van der Waals surface area contributed by atoms with Gasteiger partial charge in [-0.1, -0.05) is 17.7 Å². The number of imidazole rings is 1. The quantitative estimate of drug-likeness (QED) is 0.140. The first kappa shape index (κ1) is 34.4. The van der Waals surface area contributed by atoms with Crippen LogP contribution in [0.1, 0.15) is 45.1 Å². The van der Waals surface area contributed by atoms with Gasteiger partial charge in [-0.3, -0.25) is 24.5 Å². The standard InChI is InChI=1S/C32H32ClF3N10O5/c33-20-5-15(1-3-19(20)28(48)42-17-7-31(51-12-17)13-46(14-31)30(50)22-6-18(47)10-39-22)8-41-29(49)27-40-11-23(43-27)24-25(21-4-2-16(37)9-38-21)44-45-26(24)32(34,35)36/h1-5,9,11,17-18,22,39,47H,6-8,10,12-14,37H2,(H,40,43)(H,41,49)(H,42,48)(H,44,45)/t17-,18+,22-/m0/s1. The second-order valence-electron chi connectivity index (χ2n) is 12.9. The van der Waals surface area contributed by atoms with Crippen LogP contribution in [0.5, 0.6) is 0 Å². The summed E-state index contributed by atoms with van der Waals surface area (Å²) >= 11 is 6.44. The summed E-state index contributed by atoms with van der Waals surface area (Å²) in [7, 11) is 0. The number of aliphatic hydroxyl groups is 1. The summed E-state index contributed by atoms with van der Waals surface area (Å²) in [5, 5.41) is 24.3. The average molecular weight is 729 g/mol. The SMILES string of the molecule is Nc1ccc(-c2n[nH]c(C(F)(F)F)c2-c2cnc(C(=O)NCc3ccc(C(=O)N[C@@H]4COC5(C4)CN(C(=O)[C@@H]4C[C@@H](O)CN4)C5)c(Cl)c3)[nH]2)nc1. The number of H-pyrrole nitrogens is 2. The molecule has 0 aliphatic carbocycles. The summed E-state index contributed by atoms with van der Waals surface area (Å²) in [6.45, 7) is 1.46. The molecule has 19 heteroatoms. The van der Waals surface area contributed by atoms with E-state index in [1.165, 1.54) is 30.5 Å². The minimum Gasteiger partial charge on any atom is -0.397 e. The molecule has 3 saturated heterocycles. The van der Waals surface area contributed by atoms with E-state index in [0.717, 1.165) is 6.20 Å². The number of nitrogens with one attached hydrogen (secondary N) is 5. The first-order chi connectivity index (χ1) is 24.3. The maximum absolute atomic E-state index is 13.9. The number of hydrogen-bond acceptors (Lipinski definition) is 10. The molecule has 3 aliphatic heterocycles.